The maximum absolute atomic E-state index is 12.5. The summed E-state index contributed by atoms with van der Waals surface area (Å²) < 4.78 is 10.5. The Bertz CT molecular complexity index is 1040. The number of amides is 1. The van der Waals surface area contributed by atoms with E-state index < -0.39 is 0 Å². The Morgan fingerprint density at radius 1 is 1.17 bits per heavy atom. The molecule has 1 fully saturated rings. The zero-order valence-corrected chi connectivity index (χ0v) is 16.0. The van der Waals surface area contributed by atoms with Crippen molar-refractivity contribution in [3.63, 3.8) is 0 Å². The van der Waals surface area contributed by atoms with Crippen LogP contribution in [-0.2, 0) is 6.54 Å². The van der Waals surface area contributed by atoms with Crippen LogP contribution in [0, 0.1) is 0 Å². The van der Waals surface area contributed by atoms with Gasteiger partial charge in [0.15, 0.2) is 0 Å². The van der Waals surface area contributed by atoms with Gasteiger partial charge in [0.1, 0.15) is 11.3 Å². The second kappa shape index (κ2) is 8.27. The van der Waals surface area contributed by atoms with E-state index in [4.69, 9.17) is 9.26 Å². The monoisotopic (exact) mass is 395 g/mol. The lowest BCUT2D eigenvalue weighted by molar-refractivity contribution is 0.0613. The molecule has 29 heavy (non-hydrogen) atoms. The number of aromatic amines is 1. The summed E-state index contributed by atoms with van der Waals surface area (Å²) >= 11 is 0. The van der Waals surface area contributed by atoms with Gasteiger partial charge < -0.3 is 19.1 Å². The highest BCUT2D eigenvalue weighted by atomic mass is 16.5. The Morgan fingerprint density at radius 3 is 2.62 bits per heavy atom. The lowest BCUT2D eigenvalue weighted by Gasteiger charge is -2.33. The van der Waals surface area contributed by atoms with Crippen LogP contribution >= 0.6 is 0 Å². The molecule has 0 spiro atoms. The highest BCUT2D eigenvalue weighted by molar-refractivity contribution is 5.93. The Kier molecular flexibility index (Phi) is 5.39. The van der Waals surface area contributed by atoms with Crippen LogP contribution in [0.25, 0.3) is 11.4 Å². The number of H-pyrrole nitrogens is 1. The van der Waals surface area contributed by atoms with E-state index in [1.54, 1.807) is 24.1 Å². The van der Waals surface area contributed by atoms with Gasteiger partial charge in [-0.15, -0.1) is 0 Å². The van der Waals surface area contributed by atoms with Crippen molar-refractivity contribution in [2.24, 2.45) is 0 Å². The number of benzene rings is 1. The molecule has 0 saturated carbocycles. The predicted molar refractivity (Wildman–Crippen MR) is 105 cm³/mol. The Morgan fingerprint density at radius 2 is 1.93 bits per heavy atom. The zero-order chi connectivity index (χ0) is 20.2. The minimum atomic E-state index is -0.364. The number of carbonyl (C=O) groups is 1. The average molecular weight is 395 g/mol. The summed E-state index contributed by atoms with van der Waals surface area (Å²) in [4.78, 5) is 35.2. The second-order valence-corrected chi connectivity index (χ2v) is 6.72. The predicted octanol–water partition coefficient (Wildman–Crippen LogP) is 1.39. The number of carbonyl (C=O) groups excluding carboxylic acids is 1. The molecule has 2 aromatic heterocycles. The number of rotatable bonds is 5. The van der Waals surface area contributed by atoms with Gasteiger partial charge in [0.2, 0.25) is 11.7 Å². The van der Waals surface area contributed by atoms with E-state index in [-0.39, 0.29) is 17.0 Å². The maximum Gasteiger partial charge on any atom is 0.260 e. The third kappa shape index (κ3) is 4.19. The topological polar surface area (TPSA) is 105 Å². The molecule has 1 aliphatic rings. The third-order valence-electron chi connectivity index (χ3n) is 4.88. The number of hydrogen-bond acceptors (Lipinski definition) is 7. The number of pyridine rings is 1. The molecule has 0 unspecified atom stereocenters. The average Bonchev–Trinajstić information content (AvgIpc) is 3.23. The zero-order valence-electron chi connectivity index (χ0n) is 16.0. The summed E-state index contributed by atoms with van der Waals surface area (Å²) in [5.41, 5.74) is 0.656. The van der Waals surface area contributed by atoms with Crippen molar-refractivity contribution < 1.29 is 14.1 Å². The standard InChI is InChI=1S/C20H21N5O4/c1-28-15-6-4-14(5-7-15)18-22-17(29-23-18)13-24-9-11-25(12-10-24)20(27)16-3-2-8-21-19(16)26/h2-8H,9-13H2,1H3,(H,21,26). The van der Waals surface area contributed by atoms with Crippen molar-refractivity contribution in [3.05, 3.63) is 64.4 Å². The van der Waals surface area contributed by atoms with Crippen molar-refractivity contribution >= 4 is 5.91 Å². The van der Waals surface area contributed by atoms with Gasteiger partial charge >= 0.3 is 0 Å². The number of nitrogens with one attached hydrogen (secondary N) is 1. The molecule has 3 aromatic rings. The molecule has 1 amide bonds. The van der Waals surface area contributed by atoms with E-state index in [0.29, 0.717) is 44.4 Å². The first-order chi connectivity index (χ1) is 14.1. The first-order valence-electron chi connectivity index (χ1n) is 9.30. The number of aromatic nitrogens is 3. The molecule has 1 aliphatic heterocycles. The maximum atomic E-state index is 12.5. The van der Waals surface area contributed by atoms with Crippen LogP contribution in [0.1, 0.15) is 16.2 Å². The molecule has 1 N–H and O–H groups in total. The molecule has 9 nitrogen and oxygen atoms in total. The number of ether oxygens (including phenoxy) is 1. The number of hydrogen-bond donors (Lipinski definition) is 1. The van der Waals surface area contributed by atoms with E-state index in [1.165, 1.54) is 6.20 Å². The molecule has 0 aliphatic carbocycles. The van der Waals surface area contributed by atoms with Gasteiger partial charge in [0, 0.05) is 37.9 Å². The summed E-state index contributed by atoms with van der Waals surface area (Å²) in [6.07, 6.45) is 1.52. The largest absolute Gasteiger partial charge is 0.497 e. The quantitative estimate of drug-likeness (QED) is 0.696. The van der Waals surface area contributed by atoms with E-state index in [1.807, 2.05) is 24.3 Å². The fourth-order valence-corrected chi connectivity index (χ4v) is 3.24. The van der Waals surface area contributed by atoms with Gasteiger partial charge in [-0.1, -0.05) is 5.16 Å². The molecule has 1 aromatic carbocycles. The normalized spacial score (nSPS) is 14.7. The van der Waals surface area contributed by atoms with Crippen LogP contribution in [0.2, 0.25) is 0 Å². The van der Waals surface area contributed by atoms with E-state index in [2.05, 4.69) is 20.0 Å². The fourth-order valence-electron chi connectivity index (χ4n) is 3.24. The highest BCUT2D eigenvalue weighted by Crippen LogP contribution is 2.20. The van der Waals surface area contributed by atoms with E-state index >= 15 is 0 Å². The number of nitrogens with zero attached hydrogens (tertiary/aromatic N) is 4. The minimum absolute atomic E-state index is 0.169. The van der Waals surface area contributed by atoms with Crippen LogP contribution in [-0.4, -0.2) is 64.1 Å². The molecular weight excluding hydrogens is 374 g/mol. The van der Waals surface area contributed by atoms with Gasteiger partial charge in [-0.05, 0) is 36.4 Å². The van der Waals surface area contributed by atoms with Gasteiger partial charge in [-0.2, -0.15) is 4.98 Å². The highest BCUT2D eigenvalue weighted by Gasteiger charge is 2.24. The summed E-state index contributed by atoms with van der Waals surface area (Å²) in [5.74, 6) is 1.57. The van der Waals surface area contributed by atoms with Crippen molar-refractivity contribution in [1.29, 1.82) is 0 Å². The molecule has 150 valence electrons. The number of methoxy groups -OCH3 is 1. The summed E-state index contributed by atoms with van der Waals surface area (Å²) in [6, 6.07) is 10.7. The van der Waals surface area contributed by atoms with Crippen LogP contribution in [0.5, 0.6) is 5.75 Å². The molecular formula is C20H21N5O4. The molecule has 1 saturated heterocycles. The summed E-state index contributed by atoms with van der Waals surface area (Å²) in [5, 5.41) is 4.04. The number of piperazine rings is 1. The van der Waals surface area contributed by atoms with Crippen molar-refractivity contribution in [2.75, 3.05) is 33.3 Å². The Labute approximate surface area is 166 Å². The first kappa shape index (κ1) is 18.9. The lowest BCUT2D eigenvalue weighted by Crippen LogP contribution is -2.49. The molecule has 0 radical (unpaired) electrons. The van der Waals surface area contributed by atoms with Crippen LogP contribution in [0.15, 0.2) is 51.9 Å². The van der Waals surface area contributed by atoms with Gasteiger partial charge in [0.05, 0.1) is 13.7 Å². The molecule has 9 heteroatoms. The van der Waals surface area contributed by atoms with E-state index in [0.717, 1.165) is 11.3 Å². The summed E-state index contributed by atoms with van der Waals surface area (Å²) in [6.45, 7) is 2.91. The van der Waals surface area contributed by atoms with Crippen molar-refractivity contribution in [2.45, 2.75) is 6.54 Å². The van der Waals surface area contributed by atoms with Crippen molar-refractivity contribution in [1.82, 2.24) is 24.9 Å². The Balaban J connectivity index is 1.34. The van der Waals surface area contributed by atoms with Crippen LogP contribution < -0.4 is 10.3 Å². The van der Waals surface area contributed by atoms with Gasteiger partial charge in [-0.25, -0.2) is 0 Å². The van der Waals surface area contributed by atoms with E-state index in [9.17, 15) is 9.59 Å². The third-order valence-corrected chi connectivity index (χ3v) is 4.88. The molecule has 0 atom stereocenters. The smallest absolute Gasteiger partial charge is 0.260 e. The summed E-state index contributed by atoms with van der Waals surface area (Å²) in [7, 11) is 1.62. The van der Waals surface area contributed by atoms with Crippen LogP contribution in [0.4, 0.5) is 0 Å². The van der Waals surface area contributed by atoms with Crippen LogP contribution in [0.3, 0.4) is 0 Å². The first-order valence-corrected chi connectivity index (χ1v) is 9.30. The van der Waals surface area contributed by atoms with Gasteiger partial charge in [-0.3, -0.25) is 14.5 Å². The minimum Gasteiger partial charge on any atom is -0.497 e. The van der Waals surface area contributed by atoms with Crippen molar-refractivity contribution in [3.8, 4) is 17.1 Å². The molecule has 4 rings (SSSR count). The SMILES string of the molecule is COc1ccc(-c2noc(CN3CCN(C(=O)c4ccc[nH]c4=O)CC3)n2)cc1. The van der Waals surface area contributed by atoms with Gasteiger partial charge in [0.25, 0.3) is 11.5 Å². The molecule has 3 heterocycles. The lowest BCUT2D eigenvalue weighted by atomic mass is 10.2. The fraction of sp³-hybridized carbons (Fsp3) is 0.300. The molecule has 0 bridgehead atoms. The Hall–Kier alpha value is -3.46. The second-order valence-electron chi connectivity index (χ2n) is 6.72.